The van der Waals surface area contributed by atoms with Gasteiger partial charge in [0.25, 0.3) is 5.91 Å². The zero-order chi connectivity index (χ0) is 33.6. The van der Waals surface area contributed by atoms with E-state index in [2.05, 4.69) is 32.7 Å². The molecule has 1 amide bonds. The Morgan fingerprint density at radius 2 is 1.96 bits per heavy atom. The number of benzene rings is 2. The molecule has 0 radical (unpaired) electrons. The maximum Gasteiger partial charge on any atom is 0.264 e. The molecule has 5 aliphatic rings. The lowest BCUT2D eigenvalue weighted by atomic mass is 9.68. The number of carbonyl (C=O) groups excluding carboxylic acids is 1. The fraction of sp³-hybridized carbons (Fsp3) is 0.595. The summed E-state index contributed by atoms with van der Waals surface area (Å²) in [5.74, 6) is 0.466. The van der Waals surface area contributed by atoms with Gasteiger partial charge in [-0.2, -0.15) is 0 Å². The SMILES string of the molecule is C[C@@H]1[C@@H](C)C/C=C\[C@H](OCCN2CC(F)C2)[C@@H]2CC[C@H]2CN2C[C@@]3(CCCc4cc(Cl)ccc43)COc3ccc(cc32)C(=O)NS1(=O)=O. The van der Waals surface area contributed by atoms with Crippen LogP contribution < -0.4 is 14.4 Å². The van der Waals surface area contributed by atoms with E-state index in [1.54, 1.807) is 19.1 Å². The van der Waals surface area contributed by atoms with Crippen molar-refractivity contribution in [3.05, 3.63) is 70.3 Å². The molecular formula is C37H47ClFN3O5S. The lowest BCUT2D eigenvalue weighted by molar-refractivity contribution is -0.0339. The van der Waals surface area contributed by atoms with Crippen LogP contribution in [0.1, 0.15) is 67.4 Å². The van der Waals surface area contributed by atoms with Gasteiger partial charge in [-0.05, 0) is 105 Å². The second-order valence-corrected chi connectivity index (χ2v) is 17.3. The minimum atomic E-state index is -3.94. The van der Waals surface area contributed by atoms with Gasteiger partial charge in [-0.1, -0.05) is 36.7 Å². The fourth-order valence-corrected chi connectivity index (χ4v) is 9.81. The van der Waals surface area contributed by atoms with Crippen molar-refractivity contribution in [2.45, 2.75) is 75.3 Å². The first-order valence-electron chi connectivity index (χ1n) is 17.5. The summed E-state index contributed by atoms with van der Waals surface area (Å²) in [7, 11) is -3.94. The molecule has 0 unspecified atom stereocenters. The summed E-state index contributed by atoms with van der Waals surface area (Å²) < 4.78 is 55.7. The molecule has 48 heavy (non-hydrogen) atoms. The number of carbonyl (C=O) groups is 1. The first-order valence-corrected chi connectivity index (χ1v) is 19.5. The van der Waals surface area contributed by atoms with Crippen molar-refractivity contribution in [1.82, 2.24) is 9.62 Å². The Morgan fingerprint density at radius 3 is 2.73 bits per heavy atom. The first kappa shape index (κ1) is 33.8. The Kier molecular flexibility index (Phi) is 9.56. The van der Waals surface area contributed by atoms with Crippen LogP contribution in [-0.4, -0.2) is 82.7 Å². The number of likely N-dealkylation sites (tertiary alicyclic amines) is 1. The number of nitrogens with zero attached hydrogens (tertiary/aromatic N) is 2. The van der Waals surface area contributed by atoms with E-state index in [-0.39, 0.29) is 28.9 Å². The van der Waals surface area contributed by atoms with Crippen molar-refractivity contribution >= 4 is 33.2 Å². The van der Waals surface area contributed by atoms with Gasteiger partial charge in [0.2, 0.25) is 10.0 Å². The molecule has 1 saturated carbocycles. The lowest BCUT2D eigenvalue weighted by Gasteiger charge is -2.46. The predicted octanol–water partition coefficient (Wildman–Crippen LogP) is 5.92. The second-order valence-electron chi connectivity index (χ2n) is 14.8. The van der Waals surface area contributed by atoms with E-state index in [0.717, 1.165) is 49.4 Å². The number of alkyl halides is 1. The van der Waals surface area contributed by atoms with Crippen molar-refractivity contribution in [3.8, 4) is 5.75 Å². The summed E-state index contributed by atoms with van der Waals surface area (Å²) >= 11 is 6.44. The molecule has 3 aliphatic heterocycles. The van der Waals surface area contributed by atoms with E-state index in [1.807, 2.05) is 25.1 Å². The maximum absolute atomic E-state index is 13.5. The number of rotatable bonds is 4. The summed E-state index contributed by atoms with van der Waals surface area (Å²) in [5, 5.41) is -0.0479. The van der Waals surface area contributed by atoms with Gasteiger partial charge >= 0.3 is 0 Å². The number of nitrogens with one attached hydrogen (secondary N) is 1. The van der Waals surface area contributed by atoms with E-state index >= 15 is 0 Å². The normalized spacial score (nSPS) is 32.9. The third-order valence-corrected chi connectivity index (χ3v) is 13.8. The second kappa shape index (κ2) is 13.6. The molecule has 6 atom stereocenters. The largest absolute Gasteiger partial charge is 0.490 e. The fourth-order valence-electron chi connectivity index (χ4n) is 8.33. The Hall–Kier alpha value is -2.66. The number of allylic oxidation sites excluding steroid dienone is 1. The molecule has 3 heterocycles. The Balaban J connectivity index is 1.24. The van der Waals surface area contributed by atoms with Crippen LogP contribution in [0.25, 0.3) is 0 Å². The number of aryl methyl sites for hydroxylation is 1. The highest BCUT2D eigenvalue weighted by Crippen LogP contribution is 2.47. The summed E-state index contributed by atoms with van der Waals surface area (Å²) in [4.78, 5) is 17.9. The summed E-state index contributed by atoms with van der Waals surface area (Å²) in [5.41, 5.74) is 3.35. The molecule has 2 fully saturated rings. The van der Waals surface area contributed by atoms with E-state index in [4.69, 9.17) is 21.1 Å². The molecule has 7 rings (SSSR count). The van der Waals surface area contributed by atoms with Gasteiger partial charge in [0.15, 0.2) is 0 Å². The van der Waals surface area contributed by atoms with Crippen molar-refractivity contribution in [2.24, 2.45) is 17.8 Å². The van der Waals surface area contributed by atoms with Crippen LogP contribution in [0.15, 0.2) is 48.6 Å². The predicted molar refractivity (Wildman–Crippen MR) is 186 cm³/mol. The van der Waals surface area contributed by atoms with E-state index in [1.165, 1.54) is 11.1 Å². The van der Waals surface area contributed by atoms with Crippen molar-refractivity contribution in [2.75, 3.05) is 50.8 Å². The highest BCUT2D eigenvalue weighted by molar-refractivity contribution is 7.90. The minimum Gasteiger partial charge on any atom is -0.490 e. The van der Waals surface area contributed by atoms with Gasteiger partial charge in [-0.25, -0.2) is 17.5 Å². The molecule has 260 valence electrons. The number of ether oxygens (including phenoxy) is 2. The quantitative estimate of drug-likeness (QED) is 0.397. The minimum absolute atomic E-state index is 0.126. The van der Waals surface area contributed by atoms with Gasteiger partial charge in [0.05, 0.1) is 30.3 Å². The lowest BCUT2D eigenvalue weighted by Crippen LogP contribution is -2.51. The van der Waals surface area contributed by atoms with Gasteiger partial charge in [-0.3, -0.25) is 9.69 Å². The number of halogens is 2. The Labute approximate surface area is 289 Å². The summed E-state index contributed by atoms with van der Waals surface area (Å²) in [6.45, 7) is 7.65. The van der Waals surface area contributed by atoms with Gasteiger partial charge < -0.3 is 14.4 Å². The van der Waals surface area contributed by atoms with Crippen LogP contribution in [0, 0.1) is 17.8 Å². The van der Waals surface area contributed by atoms with Crippen LogP contribution in [0.5, 0.6) is 5.75 Å². The highest BCUT2D eigenvalue weighted by Gasteiger charge is 2.45. The average molecular weight is 700 g/mol. The van der Waals surface area contributed by atoms with Crippen LogP contribution in [0.4, 0.5) is 10.1 Å². The molecular weight excluding hydrogens is 653 g/mol. The molecule has 0 aromatic heterocycles. The zero-order valence-electron chi connectivity index (χ0n) is 27.9. The molecule has 2 aliphatic carbocycles. The standard InChI is InChI=1S/C37H47ClFN3O5S/c1-24-5-3-7-34(46-16-15-41-20-30(39)21-41)31-11-8-28(31)19-42-22-37(14-4-6-26-17-29(38)10-12-32(26)37)23-47-35-13-9-27(18-33(35)42)36(43)40-48(44,45)25(24)2/h3,7,9-10,12-13,17-18,24-25,28,30-31,34H,4-6,8,11,14-16,19-23H2,1-2H3,(H,40,43)/b7-3-/t24-,25+,28-,31+,34-,37-/m0/s1. The third kappa shape index (κ3) is 6.74. The smallest absolute Gasteiger partial charge is 0.264 e. The summed E-state index contributed by atoms with van der Waals surface area (Å²) in [6, 6.07) is 11.5. The number of hydrogen-bond acceptors (Lipinski definition) is 7. The van der Waals surface area contributed by atoms with E-state index in [9.17, 15) is 17.6 Å². The zero-order valence-corrected chi connectivity index (χ0v) is 29.4. The summed E-state index contributed by atoms with van der Waals surface area (Å²) in [6.07, 6.45) is 8.88. The molecule has 1 spiro atoms. The molecule has 8 nitrogen and oxygen atoms in total. The molecule has 1 saturated heterocycles. The highest BCUT2D eigenvalue weighted by atomic mass is 35.5. The van der Waals surface area contributed by atoms with Gasteiger partial charge in [0, 0.05) is 48.7 Å². The number of anilines is 1. The average Bonchev–Trinajstić information content (AvgIpc) is 3.17. The van der Waals surface area contributed by atoms with Crippen LogP contribution in [0.3, 0.4) is 0 Å². The third-order valence-electron chi connectivity index (χ3n) is 11.6. The number of sulfonamides is 1. The number of amides is 1. The van der Waals surface area contributed by atoms with E-state index < -0.39 is 27.4 Å². The Bertz CT molecular complexity index is 1670. The van der Waals surface area contributed by atoms with Crippen LogP contribution in [0.2, 0.25) is 5.02 Å². The molecule has 2 aromatic rings. The maximum atomic E-state index is 13.5. The monoisotopic (exact) mass is 699 g/mol. The first-order chi connectivity index (χ1) is 23.0. The van der Waals surface area contributed by atoms with Crippen molar-refractivity contribution in [3.63, 3.8) is 0 Å². The van der Waals surface area contributed by atoms with E-state index in [0.29, 0.717) is 57.5 Å². The Morgan fingerprint density at radius 1 is 1.12 bits per heavy atom. The van der Waals surface area contributed by atoms with Gasteiger partial charge in [0.1, 0.15) is 11.9 Å². The van der Waals surface area contributed by atoms with Crippen LogP contribution in [-0.2, 0) is 26.6 Å². The molecule has 11 heteroatoms. The van der Waals surface area contributed by atoms with Gasteiger partial charge in [-0.15, -0.1) is 0 Å². The molecule has 1 N–H and O–H groups in total. The van der Waals surface area contributed by atoms with Crippen molar-refractivity contribution < 1.29 is 27.1 Å². The molecule has 2 aromatic carbocycles. The topological polar surface area (TPSA) is 88.2 Å². The molecule has 2 bridgehead atoms. The van der Waals surface area contributed by atoms with Crippen molar-refractivity contribution in [1.29, 1.82) is 0 Å². The van der Waals surface area contributed by atoms with Crippen LogP contribution >= 0.6 is 11.6 Å². The number of hydrogen-bond donors (Lipinski definition) is 1. The number of fused-ring (bicyclic) bond motifs is 4.